The van der Waals surface area contributed by atoms with Crippen LogP contribution in [0, 0.1) is 76.0 Å². The van der Waals surface area contributed by atoms with E-state index in [1.165, 1.54) is 12.1 Å². The molecule has 53 heavy (non-hydrogen) atoms. The molecule has 0 unspecified atom stereocenters. The van der Waals surface area contributed by atoms with E-state index < -0.39 is 0 Å². The number of pyridine rings is 3. The fourth-order valence-electron chi connectivity index (χ4n) is 4.64. The first-order valence-corrected chi connectivity index (χ1v) is 17.1. The minimum atomic E-state index is -0.303. The molecule has 0 aliphatic rings. The average Bonchev–Trinajstić information content (AvgIpc) is 3.11. The molecule has 0 aliphatic carbocycles. The summed E-state index contributed by atoms with van der Waals surface area (Å²) in [7, 11) is 0. The number of anilines is 3. The highest BCUT2D eigenvalue weighted by Crippen LogP contribution is 2.17. The minimum absolute atomic E-state index is 0.303. The molecule has 0 saturated carbocycles. The molecule has 0 radical (unpaired) electrons. The Morgan fingerprint density at radius 2 is 0.887 bits per heavy atom. The monoisotopic (exact) mass is 738 g/mol. The average molecular weight is 740 g/mol. The minimum Gasteiger partial charge on any atom is -0.396 e. The van der Waals surface area contributed by atoms with Crippen LogP contribution in [-0.4, -0.2) is 15.0 Å². The maximum atomic E-state index is 13.0. The Kier molecular flexibility index (Phi) is 14.0. The molecule has 0 bridgehead atoms. The number of hydrogen-bond acceptors (Lipinski definition) is 6. The number of aryl methyl sites for hydroxylation is 5. The van der Waals surface area contributed by atoms with Crippen LogP contribution >= 0.6 is 23.2 Å². The van der Waals surface area contributed by atoms with Crippen molar-refractivity contribution in [3.8, 4) is 35.5 Å². The molecule has 0 saturated heterocycles. The van der Waals surface area contributed by atoms with Gasteiger partial charge in [0.05, 0.1) is 17.1 Å². The molecule has 0 fully saturated rings. The number of nitrogens with zero attached hydrogens (tertiary/aromatic N) is 3. The Bertz CT molecular complexity index is 2340. The predicted molar refractivity (Wildman–Crippen MR) is 217 cm³/mol. The van der Waals surface area contributed by atoms with E-state index >= 15 is 0 Å². The lowest BCUT2D eigenvalue weighted by molar-refractivity contribution is 0.627. The van der Waals surface area contributed by atoms with Crippen LogP contribution in [0.2, 0.25) is 10.0 Å². The van der Waals surface area contributed by atoms with E-state index in [2.05, 4.69) is 50.5 Å². The van der Waals surface area contributed by atoms with Crippen LogP contribution in [0.15, 0.2) is 97.1 Å². The molecule has 6 aromatic rings. The topological polar surface area (TPSA) is 117 Å². The van der Waals surface area contributed by atoms with E-state index in [9.17, 15) is 4.39 Å². The fourth-order valence-corrected chi connectivity index (χ4v) is 5.02. The molecule has 9 heteroatoms. The largest absolute Gasteiger partial charge is 0.396 e. The summed E-state index contributed by atoms with van der Waals surface area (Å²) in [6.07, 6.45) is 0. The molecule has 3 aromatic carbocycles. The Labute approximate surface area is 320 Å². The van der Waals surface area contributed by atoms with Crippen LogP contribution in [0.3, 0.4) is 0 Å². The molecular weight excluding hydrogens is 702 g/mol. The predicted octanol–water partition coefficient (Wildman–Crippen LogP) is 9.18. The second kappa shape index (κ2) is 18.8. The number of nitrogen functional groups attached to an aromatic ring is 3. The standard InChI is InChI=1S/C15H13ClN2.C15H13FN2.C14H11ClN2/c2*1-10-8-11(2)18-14(15(10)17)7-6-12-4-3-5-13(16)9-12;1-10-5-7-13(16)14(17-10)8-6-11-3-2-4-12(15)9-11/h2*3-5,8-9H,17H2,1-2H3;2-5,7,9H,16H2,1H3. The highest BCUT2D eigenvalue weighted by molar-refractivity contribution is 6.31. The molecule has 264 valence electrons. The highest BCUT2D eigenvalue weighted by atomic mass is 35.5. The van der Waals surface area contributed by atoms with Gasteiger partial charge in [0.2, 0.25) is 0 Å². The van der Waals surface area contributed by atoms with Crippen molar-refractivity contribution >= 4 is 40.3 Å². The Balaban J connectivity index is 0.000000178. The van der Waals surface area contributed by atoms with Crippen molar-refractivity contribution in [1.82, 2.24) is 15.0 Å². The summed E-state index contributed by atoms with van der Waals surface area (Å²) in [5.74, 6) is 17.4. The highest BCUT2D eigenvalue weighted by Gasteiger charge is 2.04. The van der Waals surface area contributed by atoms with Gasteiger partial charge in [0.15, 0.2) is 0 Å². The number of halogens is 3. The maximum Gasteiger partial charge on any atom is 0.136 e. The molecule has 0 atom stereocenters. The molecule has 3 heterocycles. The van der Waals surface area contributed by atoms with Crippen molar-refractivity contribution in [2.75, 3.05) is 17.2 Å². The van der Waals surface area contributed by atoms with Crippen molar-refractivity contribution in [3.63, 3.8) is 0 Å². The summed E-state index contributed by atoms with van der Waals surface area (Å²) in [6.45, 7) is 9.59. The first kappa shape index (κ1) is 39.5. The van der Waals surface area contributed by atoms with Crippen LogP contribution in [-0.2, 0) is 0 Å². The van der Waals surface area contributed by atoms with Crippen LogP contribution in [0.5, 0.6) is 0 Å². The molecule has 0 spiro atoms. The lowest BCUT2D eigenvalue weighted by Crippen LogP contribution is -1.99. The summed E-state index contributed by atoms with van der Waals surface area (Å²) < 4.78 is 13.0. The summed E-state index contributed by atoms with van der Waals surface area (Å²) in [5, 5.41) is 1.34. The smallest absolute Gasteiger partial charge is 0.136 e. The van der Waals surface area contributed by atoms with Crippen LogP contribution in [0.1, 0.15) is 62.0 Å². The van der Waals surface area contributed by atoms with Gasteiger partial charge in [0.25, 0.3) is 0 Å². The van der Waals surface area contributed by atoms with E-state index in [1.807, 2.05) is 101 Å². The summed E-state index contributed by atoms with van der Waals surface area (Å²) in [4.78, 5) is 12.9. The number of benzene rings is 3. The van der Waals surface area contributed by atoms with Crippen LogP contribution in [0.25, 0.3) is 0 Å². The van der Waals surface area contributed by atoms with Gasteiger partial charge in [-0.3, -0.25) is 0 Å². The number of nitrogens with two attached hydrogens (primary N) is 3. The van der Waals surface area contributed by atoms with Gasteiger partial charge in [-0.15, -0.1) is 0 Å². The number of hydrogen-bond donors (Lipinski definition) is 3. The molecule has 6 N–H and O–H groups in total. The summed E-state index contributed by atoms with van der Waals surface area (Å²) in [5.41, 5.74) is 28.1. The van der Waals surface area contributed by atoms with Gasteiger partial charge in [-0.25, -0.2) is 19.3 Å². The van der Waals surface area contributed by atoms with Gasteiger partial charge in [-0.2, -0.15) is 0 Å². The molecule has 6 nitrogen and oxygen atoms in total. The van der Waals surface area contributed by atoms with E-state index in [0.717, 1.165) is 39.3 Å². The van der Waals surface area contributed by atoms with Crippen molar-refractivity contribution in [3.05, 3.63) is 175 Å². The first-order chi connectivity index (χ1) is 25.3. The first-order valence-electron chi connectivity index (χ1n) is 16.3. The van der Waals surface area contributed by atoms with Gasteiger partial charge < -0.3 is 17.2 Å². The Hall–Kier alpha value is -6.30. The van der Waals surface area contributed by atoms with Gasteiger partial charge in [-0.1, -0.05) is 59.2 Å². The zero-order valence-corrected chi connectivity index (χ0v) is 31.5. The fraction of sp³-hybridized carbons (Fsp3) is 0.114. The molecular formula is C44H37Cl2FN6. The van der Waals surface area contributed by atoms with Gasteiger partial charge in [-0.05, 0) is 142 Å². The van der Waals surface area contributed by atoms with Gasteiger partial charge in [0.1, 0.15) is 22.9 Å². The Morgan fingerprint density at radius 1 is 0.472 bits per heavy atom. The lowest BCUT2D eigenvalue weighted by Gasteiger charge is -2.03. The van der Waals surface area contributed by atoms with E-state index in [4.69, 9.17) is 40.4 Å². The zero-order valence-electron chi connectivity index (χ0n) is 29.9. The van der Waals surface area contributed by atoms with Crippen molar-refractivity contribution in [2.24, 2.45) is 0 Å². The van der Waals surface area contributed by atoms with Crippen molar-refractivity contribution in [2.45, 2.75) is 34.6 Å². The van der Waals surface area contributed by atoms with Crippen LogP contribution < -0.4 is 17.2 Å². The summed E-state index contributed by atoms with van der Waals surface area (Å²) >= 11 is 11.8. The normalized spacial score (nSPS) is 9.66. The van der Waals surface area contributed by atoms with Gasteiger partial charge >= 0.3 is 0 Å². The third-order valence-electron chi connectivity index (χ3n) is 7.30. The Morgan fingerprint density at radius 3 is 1.34 bits per heavy atom. The third kappa shape index (κ3) is 12.5. The van der Waals surface area contributed by atoms with E-state index in [1.54, 1.807) is 18.2 Å². The van der Waals surface area contributed by atoms with Crippen molar-refractivity contribution < 1.29 is 4.39 Å². The second-order valence-electron chi connectivity index (χ2n) is 11.9. The van der Waals surface area contributed by atoms with Crippen molar-refractivity contribution in [1.29, 1.82) is 0 Å². The SMILES string of the molecule is Cc1cc(C)c(N)c(C#Cc2cccc(Cl)c2)n1.Cc1cc(C)c(N)c(C#Cc2cccc(F)c2)n1.Cc1ccc(N)c(C#Cc2cccc(Cl)c2)n1. The van der Waals surface area contributed by atoms with E-state index in [0.29, 0.717) is 49.8 Å². The number of aromatic nitrogens is 3. The van der Waals surface area contributed by atoms with Gasteiger partial charge in [0, 0.05) is 43.8 Å². The lowest BCUT2D eigenvalue weighted by atomic mass is 10.1. The summed E-state index contributed by atoms with van der Waals surface area (Å²) in [6, 6.07) is 28.4. The maximum absolute atomic E-state index is 13.0. The third-order valence-corrected chi connectivity index (χ3v) is 7.77. The molecule has 0 aliphatic heterocycles. The van der Waals surface area contributed by atoms with E-state index in [-0.39, 0.29) is 5.82 Å². The number of rotatable bonds is 0. The zero-order chi connectivity index (χ0) is 38.5. The molecule has 0 amide bonds. The van der Waals surface area contributed by atoms with Crippen LogP contribution in [0.4, 0.5) is 21.5 Å². The second-order valence-corrected chi connectivity index (χ2v) is 12.7. The molecule has 3 aromatic heterocycles. The quantitative estimate of drug-likeness (QED) is 0.134. The molecule has 6 rings (SSSR count).